The minimum Gasteiger partial charge on any atom is -0.426 e. The summed E-state index contributed by atoms with van der Waals surface area (Å²) in [5.41, 5.74) is 9.96. The van der Waals surface area contributed by atoms with Crippen LogP contribution in [0.25, 0.3) is 28.1 Å². The zero-order valence-electron chi connectivity index (χ0n) is 15.7. The largest absolute Gasteiger partial charge is 0.426 e. The summed E-state index contributed by atoms with van der Waals surface area (Å²) in [7, 11) is 0. The number of imidazole rings is 1. The number of aromatic nitrogens is 2. The number of rotatable bonds is 5. The standard InChI is InChI=1S/C22H18FN5O2/c1-13(14-2-7-17(23)8-3-14)25-18-9-4-15(5-10-18)22-26-19-11-6-16(21(24)27-29)12-20(19)28(22)30/h2-12,25,29-30H,1H2,(H2,24,27). The molecule has 7 nitrogen and oxygen atoms in total. The van der Waals surface area contributed by atoms with Crippen LogP contribution in [-0.4, -0.2) is 26.0 Å². The molecule has 0 fully saturated rings. The van der Waals surface area contributed by atoms with Crippen molar-refractivity contribution < 1.29 is 14.8 Å². The maximum atomic E-state index is 13.1. The van der Waals surface area contributed by atoms with Crippen LogP contribution >= 0.6 is 0 Å². The van der Waals surface area contributed by atoms with Gasteiger partial charge in [0, 0.05) is 22.5 Å². The average molecular weight is 403 g/mol. The number of nitrogens with one attached hydrogen (secondary N) is 1. The molecule has 0 aliphatic rings. The van der Waals surface area contributed by atoms with Crippen molar-refractivity contribution in [3.8, 4) is 11.4 Å². The predicted octanol–water partition coefficient (Wildman–Crippen LogP) is 4.26. The van der Waals surface area contributed by atoms with Crippen molar-refractivity contribution in [3.05, 3.63) is 90.3 Å². The summed E-state index contributed by atoms with van der Waals surface area (Å²) >= 11 is 0. The molecule has 0 aliphatic heterocycles. The molecule has 4 aromatic rings. The van der Waals surface area contributed by atoms with E-state index in [9.17, 15) is 9.60 Å². The molecule has 3 aromatic carbocycles. The third kappa shape index (κ3) is 3.53. The van der Waals surface area contributed by atoms with E-state index >= 15 is 0 Å². The molecular weight excluding hydrogens is 385 g/mol. The number of nitrogens with zero attached hydrogens (tertiary/aromatic N) is 3. The van der Waals surface area contributed by atoms with Crippen molar-refractivity contribution in [2.45, 2.75) is 0 Å². The number of halogens is 1. The number of benzene rings is 3. The molecule has 0 saturated carbocycles. The molecule has 0 unspecified atom stereocenters. The molecule has 30 heavy (non-hydrogen) atoms. The molecule has 1 heterocycles. The van der Waals surface area contributed by atoms with E-state index in [2.05, 4.69) is 22.0 Å². The number of hydrogen-bond donors (Lipinski definition) is 4. The summed E-state index contributed by atoms with van der Waals surface area (Å²) in [5, 5.41) is 25.5. The van der Waals surface area contributed by atoms with Gasteiger partial charge < -0.3 is 21.5 Å². The molecule has 5 N–H and O–H groups in total. The monoisotopic (exact) mass is 403 g/mol. The van der Waals surface area contributed by atoms with Crippen LogP contribution in [0.2, 0.25) is 0 Å². The van der Waals surface area contributed by atoms with E-state index in [-0.39, 0.29) is 11.7 Å². The number of oxime groups is 1. The predicted molar refractivity (Wildman–Crippen MR) is 114 cm³/mol. The van der Waals surface area contributed by atoms with E-state index in [4.69, 9.17) is 10.9 Å². The van der Waals surface area contributed by atoms with Crippen molar-refractivity contribution in [2.24, 2.45) is 10.9 Å². The summed E-state index contributed by atoms with van der Waals surface area (Å²) in [4.78, 5) is 4.45. The van der Waals surface area contributed by atoms with Crippen LogP contribution in [0, 0.1) is 5.82 Å². The molecule has 0 radical (unpaired) electrons. The summed E-state index contributed by atoms with van der Waals surface area (Å²) in [6, 6.07) is 18.2. The Balaban J connectivity index is 1.59. The first-order valence-electron chi connectivity index (χ1n) is 8.98. The first-order chi connectivity index (χ1) is 14.5. The van der Waals surface area contributed by atoms with E-state index < -0.39 is 0 Å². The third-order valence-electron chi connectivity index (χ3n) is 4.67. The summed E-state index contributed by atoms with van der Waals surface area (Å²) in [5.74, 6) is -0.0109. The molecule has 0 amide bonds. The first-order valence-corrected chi connectivity index (χ1v) is 8.98. The van der Waals surface area contributed by atoms with Gasteiger partial charge in [0.1, 0.15) is 11.3 Å². The summed E-state index contributed by atoms with van der Waals surface area (Å²) < 4.78 is 14.0. The second-order valence-electron chi connectivity index (χ2n) is 6.62. The van der Waals surface area contributed by atoms with Crippen LogP contribution in [0.4, 0.5) is 10.1 Å². The maximum Gasteiger partial charge on any atom is 0.176 e. The number of amidine groups is 1. The van der Waals surface area contributed by atoms with Gasteiger partial charge in [-0.15, -0.1) is 0 Å². The van der Waals surface area contributed by atoms with Crippen LogP contribution in [0.1, 0.15) is 11.1 Å². The van der Waals surface area contributed by atoms with Gasteiger partial charge in [0.15, 0.2) is 11.7 Å². The Labute approximate surface area is 171 Å². The van der Waals surface area contributed by atoms with Crippen molar-refractivity contribution in [3.63, 3.8) is 0 Å². The molecule has 4 rings (SSSR count). The fraction of sp³-hybridized carbons (Fsp3) is 0. The molecular formula is C22H18FN5O2. The highest BCUT2D eigenvalue weighted by molar-refractivity contribution is 6.00. The van der Waals surface area contributed by atoms with Gasteiger partial charge >= 0.3 is 0 Å². The van der Waals surface area contributed by atoms with Gasteiger partial charge in [-0.3, -0.25) is 0 Å². The van der Waals surface area contributed by atoms with E-state index in [0.29, 0.717) is 33.7 Å². The van der Waals surface area contributed by atoms with Gasteiger partial charge in [-0.1, -0.05) is 23.9 Å². The van der Waals surface area contributed by atoms with Crippen LogP contribution in [0.3, 0.4) is 0 Å². The van der Waals surface area contributed by atoms with Gasteiger partial charge in [0.25, 0.3) is 0 Å². The second kappa shape index (κ2) is 7.59. The minimum absolute atomic E-state index is 0.0588. The lowest BCUT2D eigenvalue weighted by Crippen LogP contribution is -2.12. The quantitative estimate of drug-likeness (QED) is 0.131. The Morgan fingerprint density at radius 1 is 1.03 bits per heavy atom. The summed E-state index contributed by atoms with van der Waals surface area (Å²) in [6.45, 7) is 3.98. The average Bonchev–Trinajstić information content (AvgIpc) is 3.10. The Morgan fingerprint density at radius 2 is 1.70 bits per heavy atom. The Kier molecular flexibility index (Phi) is 4.81. The zero-order valence-corrected chi connectivity index (χ0v) is 15.7. The van der Waals surface area contributed by atoms with Crippen molar-refractivity contribution in [1.82, 2.24) is 9.71 Å². The van der Waals surface area contributed by atoms with Crippen LogP contribution < -0.4 is 11.1 Å². The molecule has 0 spiro atoms. The number of fused-ring (bicyclic) bond motifs is 1. The highest BCUT2D eigenvalue weighted by atomic mass is 19.1. The van der Waals surface area contributed by atoms with Crippen LogP contribution in [0.15, 0.2) is 78.5 Å². The minimum atomic E-state index is -0.304. The zero-order chi connectivity index (χ0) is 21.3. The highest BCUT2D eigenvalue weighted by Gasteiger charge is 2.14. The van der Waals surface area contributed by atoms with Gasteiger partial charge in [-0.25, -0.2) is 9.37 Å². The van der Waals surface area contributed by atoms with E-state index in [1.165, 1.54) is 12.1 Å². The lowest BCUT2D eigenvalue weighted by Gasteiger charge is -2.10. The van der Waals surface area contributed by atoms with Crippen molar-refractivity contribution in [1.29, 1.82) is 0 Å². The van der Waals surface area contributed by atoms with Gasteiger partial charge in [0.05, 0.1) is 5.52 Å². The molecule has 150 valence electrons. The van der Waals surface area contributed by atoms with Crippen LogP contribution in [0.5, 0.6) is 0 Å². The van der Waals surface area contributed by atoms with E-state index in [1.807, 2.05) is 12.1 Å². The number of nitrogens with two attached hydrogens (primary N) is 1. The Bertz CT molecular complexity index is 1260. The van der Waals surface area contributed by atoms with Gasteiger partial charge in [-0.2, -0.15) is 4.73 Å². The molecule has 1 aromatic heterocycles. The number of anilines is 1. The normalized spacial score (nSPS) is 11.6. The Morgan fingerprint density at radius 3 is 2.37 bits per heavy atom. The topological polar surface area (TPSA) is 109 Å². The smallest absolute Gasteiger partial charge is 0.176 e. The van der Waals surface area contributed by atoms with E-state index in [1.54, 1.807) is 42.5 Å². The SMILES string of the molecule is C=C(Nc1ccc(-c2nc3ccc(/C(N)=N\O)cc3n2O)cc1)c1ccc(F)cc1. The van der Waals surface area contributed by atoms with Crippen LogP contribution in [-0.2, 0) is 0 Å². The van der Waals surface area contributed by atoms with E-state index in [0.717, 1.165) is 16.0 Å². The lowest BCUT2D eigenvalue weighted by atomic mass is 10.1. The molecule has 0 atom stereocenters. The first kappa shape index (κ1) is 19.0. The third-order valence-corrected chi connectivity index (χ3v) is 4.67. The summed E-state index contributed by atoms with van der Waals surface area (Å²) in [6.07, 6.45) is 0. The molecule has 0 bridgehead atoms. The highest BCUT2D eigenvalue weighted by Crippen LogP contribution is 2.26. The van der Waals surface area contributed by atoms with Crippen molar-refractivity contribution in [2.75, 3.05) is 5.32 Å². The molecule has 8 heteroatoms. The van der Waals surface area contributed by atoms with Gasteiger partial charge in [0.2, 0.25) is 0 Å². The van der Waals surface area contributed by atoms with Gasteiger partial charge in [-0.05, 0) is 60.2 Å². The fourth-order valence-corrected chi connectivity index (χ4v) is 3.07. The number of hydrogen-bond acceptors (Lipinski definition) is 5. The fourth-order valence-electron chi connectivity index (χ4n) is 3.07. The Hall–Kier alpha value is -4.33. The second-order valence-corrected chi connectivity index (χ2v) is 6.62. The molecule has 0 saturated heterocycles. The molecule has 0 aliphatic carbocycles. The maximum absolute atomic E-state index is 13.1. The lowest BCUT2D eigenvalue weighted by molar-refractivity contribution is 0.203. The van der Waals surface area contributed by atoms with Crippen molar-refractivity contribution >= 4 is 28.3 Å².